The Bertz CT molecular complexity index is 374. The number of ether oxygens (including phenoxy) is 1. The van der Waals surface area contributed by atoms with E-state index in [9.17, 15) is 4.79 Å². The van der Waals surface area contributed by atoms with Crippen LogP contribution in [0.1, 0.15) is 40.0 Å². The number of allylic oxidation sites excluding steroid dienone is 1. The molecule has 2 heterocycles. The molecule has 0 aromatic carbocycles. The Labute approximate surface area is 129 Å². The molecular formula is C17H30N2O2. The first-order valence-electron chi connectivity index (χ1n) is 8.27. The molecule has 0 radical (unpaired) electrons. The van der Waals surface area contributed by atoms with Gasteiger partial charge in [-0.3, -0.25) is 9.69 Å². The molecule has 2 fully saturated rings. The van der Waals surface area contributed by atoms with Crippen LogP contribution in [-0.2, 0) is 9.53 Å². The first-order valence-corrected chi connectivity index (χ1v) is 8.27. The van der Waals surface area contributed by atoms with Crippen LogP contribution in [0.5, 0.6) is 0 Å². The molecule has 2 aliphatic rings. The highest BCUT2D eigenvalue weighted by Crippen LogP contribution is 2.17. The summed E-state index contributed by atoms with van der Waals surface area (Å²) in [6.07, 6.45) is 2.97. The third-order valence-electron chi connectivity index (χ3n) is 4.85. The van der Waals surface area contributed by atoms with Crippen LogP contribution >= 0.6 is 0 Å². The fourth-order valence-corrected chi connectivity index (χ4v) is 2.99. The van der Waals surface area contributed by atoms with Crippen LogP contribution in [0, 0.1) is 5.92 Å². The van der Waals surface area contributed by atoms with E-state index >= 15 is 0 Å². The summed E-state index contributed by atoms with van der Waals surface area (Å²) in [4.78, 5) is 16.8. The van der Waals surface area contributed by atoms with Crippen molar-refractivity contribution in [2.45, 2.75) is 40.0 Å². The largest absolute Gasteiger partial charge is 0.381 e. The highest BCUT2D eigenvalue weighted by Gasteiger charge is 2.24. The van der Waals surface area contributed by atoms with Crippen LogP contribution in [0.3, 0.4) is 0 Å². The Morgan fingerprint density at radius 3 is 2.24 bits per heavy atom. The molecule has 120 valence electrons. The molecule has 0 spiro atoms. The van der Waals surface area contributed by atoms with Gasteiger partial charge in [0.15, 0.2) is 0 Å². The van der Waals surface area contributed by atoms with Crippen molar-refractivity contribution in [3.05, 3.63) is 11.1 Å². The van der Waals surface area contributed by atoms with Crippen molar-refractivity contribution in [1.82, 2.24) is 9.80 Å². The second kappa shape index (κ2) is 7.95. The molecule has 4 nitrogen and oxygen atoms in total. The Balaban J connectivity index is 1.72. The summed E-state index contributed by atoms with van der Waals surface area (Å²) in [5.41, 5.74) is 2.48. The molecule has 1 amide bonds. The summed E-state index contributed by atoms with van der Waals surface area (Å²) in [6.45, 7) is 13.1. The Morgan fingerprint density at radius 1 is 1.05 bits per heavy atom. The van der Waals surface area contributed by atoms with Crippen LogP contribution in [0.4, 0.5) is 0 Å². The van der Waals surface area contributed by atoms with E-state index in [1.54, 1.807) is 0 Å². The molecule has 2 rings (SSSR count). The molecular weight excluding hydrogens is 264 g/mol. The van der Waals surface area contributed by atoms with Crippen LogP contribution < -0.4 is 0 Å². The third-order valence-corrected chi connectivity index (χ3v) is 4.85. The van der Waals surface area contributed by atoms with Crippen LogP contribution in [0.2, 0.25) is 0 Å². The minimum Gasteiger partial charge on any atom is -0.381 e. The molecule has 2 aliphatic heterocycles. The van der Waals surface area contributed by atoms with Gasteiger partial charge in [-0.15, -0.1) is 0 Å². The number of piperazine rings is 1. The average Bonchev–Trinajstić information content (AvgIpc) is 2.48. The molecule has 0 unspecified atom stereocenters. The number of nitrogens with zero attached hydrogens (tertiary/aromatic N) is 2. The van der Waals surface area contributed by atoms with Crippen molar-refractivity contribution in [2.24, 2.45) is 5.92 Å². The molecule has 4 heteroatoms. The molecule has 2 saturated heterocycles. The minimum absolute atomic E-state index is 0.291. The Morgan fingerprint density at radius 2 is 1.67 bits per heavy atom. The summed E-state index contributed by atoms with van der Waals surface area (Å²) in [5, 5.41) is 0. The van der Waals surface area contributed by atoms with E-state index in [-0.39, 0.29) is 0 Å². The van der Waals surface area contributed by atoms with Crippen molar-refractivity contribution in [3.63, 3.8) is 0 Å². The molecule has 21 heavy (non-hydrogen) atoms. The van der Waals surface area contributed by atoms with Gasteiger partial charge in [0.1, 0.15) is 0 Å². The number of carbonyl (C=O) groups excluding carboxylic acids is 1. The summed E-state index contributed by atoms with van der Waals surface area (Å²) in [7, 11) is 0. The van der Waals surface area contributed by atoms with Gasteiger partial charge in [0.05, 0.1) is 0 Å². The highest BCUT2D eigenvalue weighted by molar-refractivity contribution is 5.78. The molecule has 0 bridgehead atoms. The average molecular weight is 294 g/mol. The van der Waals surface area contributed by atoms with Gasteiger partial charge in [0.25, 0.3) is 0 Å². The van der Waals surface area contributed by atoms with E-state index in [0.29, 0.717) is 12.3 Å². The number of rotatable bonds is 4. The maximum Gasteiger partial charge on any atom is 0.226 e. The summed E-state index contributed by atoms with van der Waals surface area (Å²) < 4.78 is 5.42. The molecule has 0 aliphatic carbocycles. The fraction of sp³-hybridized carbons (Fsp3) is 0.824. The monoisotopic (exact) mass is 294 g/mol. The van der Waals surface area contributed by atoms with Crippen LogP contribution in [0.25, 0.3) is 0 Å². The number of carbonyl (C=O) groups is 1. The molecule has 0 aromatic rings. The van der Waals surface area contributed by atoms with Crippen molar-refractivity contribution in [3.8, 4) is 0 Å². The lowest BCUT2D eigenvalue weighted by Gasteiger charge is -2.37. The van der Waals surface area contributed by atoms with Gasteiger partial charge in [0, 0.05) is 52.4 Å². The zero-order valence-electron chi connectivity index (χ0n) is 13.9. The standard InChI is InChI=1S/C17H30N2O2/c1-14(2)15(3)12-17(20)19-8-6-18(7-9-19)13-16-4-10-21-11-5-16/h16H,4-13H2,1-3H3. The lowest BCUT2D eigenvalue weighted by molar-refractivity contribution is -0.132. The molecule has 0 aromatic heterocycles. The van der Waals surface area contributed by atoms with Gasteiger partial charge >= 0.3 is 0 Å². The normalized spacial score (nSPS) is 21.4. The van der Waals surface area contributed by atoms with Crippen LogP contribution in [0.15, 0.2) is 11.1 Å². The molecule has 0 atom stereocenters. The maximum absolute atomic E-state index is 12.3. The maximum atomic E-state index is 12.3. The zero-order valence-corrected chi connectivity index (χ0v) is 13.9. The van der Waals surface area contributed by atoms with Crippen LogP contribution in [-0.4, -0.2) is 61.6 Å². The van der Waals surface area contributed by atoms with E-state index < -0.39 is 0 Å². The number of hydrogen-bond acceptors (Lipinski definition) is 3. The SMILES string of the molecule is CC(C)=C(C)CC(=O)N1CCN(CC2CCOCC2)CC1. The Kier molecular flexibility index (Phi) is 6.24. The highest BCUT2D eigenvalue weighted by atomic mass is 16.5. The number of hydrogen-bond donors (Lipinski definition) is 0. The quantitative estimate of drug-likeness (QED) is 0.746. The molecule has 0 saturated carbocycles. The Hall–Kier alpha value is -0.870. The zero-order chi connectivity index (χ0) is 15.2. The first-order chi connectivity index (χ1) is 10.1. The van der Waals surface area contributed by atoms with Gasteiger partial charge in [-0.25, -0.2) is 0 Å². The van der Waals surface area contributed by atoms with Crippen molar-refractivity contribution in [1.29, 1.82) is 0 Å². The van der Waals surface area contributed by atoms with E-state index in [2.05, 4.69) is 25.7 Å². The van der Waals surface area contributed by atoms with Gasteiger partial charge in [-0.1, -0.05) is 11.1 Å². The second-order valence-electron chi connectivity index (χ2n) is 6.69. The van der Waals surface area contributed by atoms with Gasteiger partial charge in [-0.05, 0) is 39.5 Å². The predicted molar refractivity (Wildman–Crippen MR) is 85.2 cm³/mol. The predicted octanol–water partition coefficient (Wildman–Crippen LogP) is 2.30. The van der Waals surface area contributed by atoms with E-state index in [4.69, 9.17) is 4.74 Å². The lowest BCUT2D eigenvalue weighted by Crippen LogP contribution is -2.50. The van der Waals surface area contributed by atoms with E-state index in [0.717, 1.165) is 45.3 Å². The summed E-state index contributed by atoms with van der Waals surface area (Å²) in [6, 6.07) is 0. The van der Waals surface area contributed by atoms with E-state index in [1.165, 1.54) is 30.5 Å². The molecule has 0 N–H and O–H groups in total. The lowest BCUT2D eigenvalue weighted by atomic mass is 9.99. The van der Waals surface area contributed by atoms with Gasteiger partial charge in [-0.2, -0.15) is 0 Å². The van der Waals surface area contributed by atoms with Crippen molar-refractivity contribution < 1.29 is 9.53 Å². The topological polar surface area (TPSA) is 32.8 Å². The number of amides is 1. The first kappa shape index (κ1) is 16.5. The second-order valence-corrected chi connectivity index (χ2v) is 6.69. The van der Waals surface area contributed by atoms with Crippen molar-refractivity contribution >= 4 is 5.91 Å². The fourth-order valence-electron chi connectivity index (χ4n) is 2.99. The summed E-state index contributed by atoms with van der Waals surface area (Å²) in [5.74, 6) is 1.08. The third kappa shape index (κ3) is 5.11. The van der Waals surface area contributed by atoms with Gasteiger partial charge in [0.2, 0.25) is 5.91 Å². The van der Waals surface area contributed by atoms with E-state index in [1.807, 2.05) is 4.90 Å². The minimum atomic E-state index is 0.291. The smallest absolute Gasteiger partial charge is 0.226 e. The van der Waals surface area contributed by atoms with Gasteiger partial charge < -0.3 is 9.64 Å². The summed E-state index contributed by atoms with van der Waals surface area (Å²) >= 11 is 0. The van der Waals surface area contributed by atoms with Crippen molar-refractivity contribution in [2.75, 3.05) is 45.9 Å².